The number of hydrogen-bond acceptors (Lipinski definition) is 3. The van der Waals surface area contributed by atoms with E-state index < -0.39 is 16.1 Å². The molecule has 0 radical (unpaired) electrons. The van der Waals surface area contributed by atoms with Gasteiger partial charge in [0.2, 0.25) is 15.9 Å². The maximum Gasteiger partial charge on any atom is 0.237 e. The highest BCUT2D eigenvalue weighted by atomic mass is 32.2. The van der Waals surface area contributed by atoms with E-state index in [2.05, 4.69) is 10.0 Å². The summed E-state index contributed by atoms with van der Waals surface area (Å²) < 4.78 is 25.7. The Labute approximate surface area is 133 Å². The van der Waals surface area contributed by atoms with Gasteiger partial charge in [0.05, 0.1) is 11.8 Å². The number of carbonyl (C=O) groups excluding carboxylic acids is 1. The molecule has 0 heterocycles. The molecular formula is C16H26N2O3S. The van der Waals surface area contributed by atoms with Gasteiger partial charge in [0, 0.05) is 12.0 Å². The Morgan fingerprint density at radius 3 is 2.36 bits per heavy atom. The van der Waals surface area contributed by atoms with Gasteiger partial charge in [-0.05, 0) is 18.9 Å². The van der Waals surface area contributed by atoms with Crippen LogP contribution in [-0.4, -0.2) is 32.7 Å². The van der Waals surface area contributed by atoms with E-state index in [0.717, 1.165) is 5.56 Å². The SMILES string of the molecule is CCCS(=O)(=O)N[C@H](C)C(=O)NCC(C)(C)c1ccccc1. The van der Waals surface area contributed by atoms with Crippen molar-refractivity contribution in [2.45, 2.75) is 45.6 Å². The molecule has 1 rings (SSSR count). The van der Waals surface area contributed by atoms with Gasteiger partial charge in [0.25, 0.3) is 0 Å². The zero-order valence-electron chi connectivity index (χ0n) is 13.7. The minimum atomic E-state index is -3.39. The summed E-state index contributed by atoms with van der Waals surface area (Å²) in [5.74, 6) is -0.288. The lowest BCUT2D eigenvalue weighted by molar-refractivity contribution is -0.122. The molecule has 0 saturated carbocycles. The maximum atomic E-state index is 12.1. The summed E-state index contributed by atoms with van der Waals surface area (Å²) in [5, 5.41) is 2.82. The molecule has 0 aliphatic carbocycles. The van der Waals surface area contributed by atoms with Crippen LogP contribution in [0.15, 0.2) is 30.3 Å². The van der Waals surface area contributed by atoms with E-state index in [9.17, 15) is 13.2 Å². The third kappa shape index (κ3) is 5.77. The van der Waals surface area contributed by atoms with Crippen molar-refractivity contribution in [2.75, 3.05) is 12.3 Å². The molecule has 0 saturated heterocycles. The highest BCUT2D eigenvalue weighted by Crippen LogP contribution is 2.21. The molecule has 1 aromatic rings. The van der Waals surface area contributed by atoms with Crippen LogP contribution in [0.1, 0.15) is 39.7 Å². The molecule has 1 atom stereocenters. The van der Waals surface area contributed by atoms with Crippen LogP contribution in [0, 0.1) is 0 Å². The Morgan fingerprint density at radius 1 is 1.23 bits per heavy atom. The van der Waals surface area contributed by atoms with E-state index >= 15 is 0 Å². The van der Waals surface area contributed by atoms with Crippen molar-refractivity contribution in [3.63, 3.8) is 0 Å². The van der Waals surface area contributed by atoms with E-state index in [-0.39, 0.29) is 17.1 Å². The topological polar surface area (TPSA) is 75.3 Å². The minimum absolute atomic E-state index is 0.0279. The van der Waals surface area contributed by atoms with Crippen molar-refractivity contribution < 1.29 is 13.2 Å². The largest absolute Gasteiger partial charge is 0.354 e. The number of sulfonamides is 1. The molecule has 124 valence electrons. The van der Waals surface area contributed by atoms with Crippen molar-refractivity contribution in [2.24, 2.45) is 0 Å². The fraction of sp³-hybridized carbons (Fsp3) is 0.562. The van der Waals surface area contributed by atoms with Crippen LogP contribution >= 0.6 is 0 Å². The van der Waals surface area contributed by atoms with Gasteiger partial charge in [0.15, 0.2) is 0 Å². The summed E-state index contributed by atoms with van der Waals surface area (Å²) in [7, 11) is -3.39. The third-order valence-corrected chi connectivity index (χ3v) is 5.14. The monoisotopic (exact) mass is 326 g/mol. The highest BCUT2D eigenvalue weighted by molar-refractivity contribution is 7.89. The van der Waals surface area contributed by atoms with E-state index in [1.165, 1.54) is 0 Å². The zero-order chi connectivity index (χ0) is 16.8. The van der Waals surface area contributed by atoms with Crippen molar-refractivity contribution in [3.8, 4) is 0 Å². The lowest BCUT2D eigenvalue weighted by Crippen LogP contribution is -2.48. The summed E-state index contributed by atoms with van der Waals surface area (Å²) >= 11 is 0. The van der Waals surface area contributed by atoms with Crippen molar-refractivity contribution in [1.29, 1.82) is 0 Å². The lowest BCUT2D eigenvalue weighted by Gasteiger charge is -2.26. The van der Waals surface area contributed by atoms with Crippen molar-refractivity contribution in [3.05, 3.63) is 35.9 Å². The first-order valence-electron chi connectivity index (χ1n) is 7.51. The molecule has 22 heavy (non-hydrogen) atoms. The molecule has 5 nitrogen and oxygen atoms in total. The quantitative estimate of drug-likeness (QED) is 0.765. The second-order valence-electron chi connectivity index (χ2n) is 6.13. The number of benzene rings is 1. The normalized spacial score (nSPS) is 13.6. The smallest absolute Gasteiger partial charge is 0.237 e. The first-order valence-corrected chi connectivity index (χ1v) is 9.16. The molecule has 6 heteroatoms. The Hall–Kier alpha value is -1.40. The van der Waals surface area contributed by atoms with Gasteiger partial charge in [-0.3, -0.25) is 4.79 Å². The summed E-state index contributed by atoms with van der Waals surface area (Å²) in [6.07, 6.45) is 0.519. The molecule has 0 spiro atoms. The number of hydrogen-bond donors (Lipinski definition) is 2. The van der Waals surface area contributed by atoms with Gasteiger partial charge in [-0.25, -0.2) is 13.1 Å². The van der Waals surface area contributed by atoms with Crippen molar-refractivity contribution in [1.82, 2.24) is 10.0 Å². The van der Waals surface area contributed by atoms with E-state index in [1.807, 2.05) is 44.2 Å². The molecule has 2 N–H and O–H groups in total. The van der Waals surface area contributed by atoms with Crippen LogP contribution in [-0.2, 0) is 20.2 Å². The number of amides is 1. The Balaban J connectivity index is 2.59. The first-order chi connectivity index (χ1) is 10.2. The molecule has 0 bridgehead atoms. The summed E-state index contributed by atoms with van der Waals surface area (Å²) in [4.78, 5) is 12.1. The lowest BCUT2D eigenvalue weighted by atomic mass is 9.84. The molecule has 0 aliphatic heterocycles. The molecule has 1 aromatic carbocycles. The Morgan fingerprint density at radius 2 is 1.82 bits per heavy atom. The van der Waals surface area contributed by atoms with Gasteiger partial charge in [-0.2, -0.15) is 0 Å². The van der Waals surface area contributed by atoms with E-state index in [4.69, 9.17) is 0 Å². The molecule has 0 aromatic heterocycles. The van der Waals surface area contributed by atoms with Gasteiger partial charge in [0.1, 0.15) is 0 Å². The van der Waals surface area contributed by atoms with Crippen LogP contribution in [0.2, 0.25) is 0 Å². The molecule has 0 unspecified atom stereocenters. The van der Waals surface area contributed by atoms with E-state index in [1.54, 1.807) is 13.8 Å². The van der Waals surface area contributed by atoms with Crippen molar-refractivity contribution >= 4 is 15.9 Å². The average Bonchev–Trinajstić information content (AvgIpc) is 2.45. The molecular weight excluding hydrogens is 300 g/mol. The maximum absolute atomic E-state index is 12.1. The zero-order valence-corrected chi connectivity index (χ0v) is 14.5. The fourth-order valence-electron chi connectivity index (χ4n) is 2.10. The summed E-state index contributed by atoms with van der Waals surface area (Å²) in [6, 6.07) is 9.12. The molecule has 1 amide bonds. The Bertz CT molecular complexity index is 583. The minimum Gasteiger partial charge on any atom is -0.354 e. The standard InChI is InChI=1S/C16H26N2O3S/c1-5-11-22(20,21)18-13(2)15(19)17-12-16(3,4)14-9-7-6-8-10-14/h6-10,13,18H,5,11-12H2,1-4H3,(H,17,19)/t13-/m1/s1. The highest BCUT2D eigenvalue weighted by Gasteiger charge is 2.24. The number of rotatable bonds is 8. The van der Waals surface area contributed by atoms with Gasteiger partial charge < -0.3 is 5.32 Å². The van der Waals surface area contributed by atoms with Crippen LogP contribution in [0.4, 0.5) is 0 Å². The molecule has 0 fully saturated rings. The predicted octanol–water partition coefficient (Wildman–Crippen LogP) is 1.80. The van der Waals surface area contributed by atoms with E-state index in [0.29, 0.717) is 13.0 Å². The average molecular weight is 326 g/mol. The number of carbonyl (C=O) groups is 1. The van der Waals surface area contributed by atoms with Crippen LogP contribution in [0.25, 0.3) is 0 Å². The Kier molecular flexibility index (Phi) is 6.56. The van der Waals surface area contributed by atoms with Crippen LogP contribution in [0.3, 0.4) is 0 Å². The number of nitrogens with one attached hydrogen (secondary N) is 2. The molecule has 0 aliphatic rings. The van der Waals surface area contributed by atoms with Gasteiger partial charge >= 0.3 is 0 Å². The summed E-state index contributed by atoms with van der Waals surface area (Å²) in [6.45, 7) is 7.85. The fourth-order valence-corrected chi connectivity index (χ4v) is 3.40. The van der Waals surface area contributed by atoms with Crippen LogP contribution < -0.4 is 10.0 Å². The third-order valence-electron chi connectivity index (χ3n) is 3.48. The van der Waals surface area contributed by atoms with Gasteiger partial charge in [-0.15, -0.1) is 0 Å². The first kappa shape index (κ1) is 18.6. The second kappa shape index (κ2) is 7.74. The van der Waals surface area contributed by atoms with Crippen LogP contribution in [0.5, 0.6) is 0 Å². The summed E-state index contributed by atoms with van der Waals surface area (Å²) in [5.41, 5.74) is 0.897. The predicted molar refractivity (Wildman–Crippen MR) is 89.2 cm³/mol. The second-order valence-corrected chi connectivity index (χ2v) is 8.00. The van der Waals surface area contributed by atoms with Gasteiger partial charge in [-0.1, -0.05) is 51.1 Å².